The summed E-state index contributed by atoms with van der Waals surface area (Å²) in [5, 5.41) is 0. The third kappa shape index (κ3) is 4.31. The quantitative estimate of drug-likeness (QED) is 0.707. The molecular weight excluding hydrogens is 214 g/mol. The molecule has 1 aliphatic heterocycles. The van der Waals surface area contributed by atoms with Crippen molar-refractivity contribution in [3.8, 4) is 0 Å². The maximum absolute atomic E-state index is 11.8. The third-order valence-corrected chi connectivity index (χ3v) is 3.24. The number of halogens is 2. The summed E-state index contributed by atoms with van der Waals surface area (Å²) in [6, 6.07) is 0.379. The van der Waals surface area contributed by atoms with Gasteiger partial charge in [0.1, 0.15) is 6.61 Å². The zero-order valence-electron chi connectivity index (χ0n) is 9.87. The minimum Gasteiger partial charge on any atom is -0.374 e. The summed E-state index contributed by atoms with van der Waals surface area (Å²) in [7, 11) is 0. The Hall–Kier alpha value is -0.260. The first-order chi connectivity index (χ1) is 7.65. The number of nitrogens with zero attached hydrogens (tertiary/aromatic N) is 1. The average Bonchev–Trinajstić information content (AvgIpc) is 2.24. The zero-order valence-corrected chi connectivity index (χ0v) is 9.87. The summed E-state index contributed by atoms with van der Waals surface area (Å²) in [6.07, 6.45) is -0.00597. The van der Waals surface area contributed by atoms with E-state index in [1.807, 2.05) is 0 Å². The van der Waals surface area contributed by atoms with Crippen molar-refractivity contribution in [3.63, 3.8) is 0 Å². The van der Waals surface area contributed by atoms with Gasteiger partial charge in [-0.25, -0.2) is 8.78 Å². The predicted molar refractivity (Wildman–Crippen MR) is 59.6 cm³/mol. The second-order valence-electron chi connectivity index (χ2n) is 4.42. The Kier molecular flexibility index (Phi) is 6.16. The normalized spacial score (nSPS) is 27.6. The molecule has 2 unspecified atom stereocenters. The van der Waals surface area contributed by atoms with Gasteiger partial charge in [0.15, 0.2) is 0 Å². The van der Waals surface area contributed by atoms with E-state index in [1.165, 1.54) is 6.42 Å². The summed E-state index contributed by atoms with van der Waals surface area (Å²) >= 11 is 0. The first-order valence-corrected chi connectivity index (χ1v) is 5.95. The molecule has 1 aliphatic rings. The zero-order chi connectivity index (χ0) is 12.0. The van der Waals surface area contributed by atoms with Crippen molar-refractivity contribution in [2.45, 2.75) is 32.2 Å². The van der Waals surface area contributed by atoms with Crippen LogP contribution in [-0.4, -0.2) is 50.2 Å². The van der Waals surface area contributed by atoms with Crippen molar-refractivity contribution in [3.05, 3.63) is 0 Å². The number of piperidine rings is 1. The van der Waals surface area contributed by atoms with E-state index < -0.39 is 13.0 Å². The number of nitrogens with two attached hydrogens (primary N) is 1. The molecule has 0 amide bonds. The number of hydrogen-bond acceptors (Lipinski definition) is 3. The molecule has 0 bridgehead atoms. The lowest BCUT2D eigenvalue weighted by Gasteiger charge is -2.39. The molecule has 0 aromatic rings. The van der Waals surface area contributed by atoms with E-state index in [4.69, 9.17) is 10.5 Å². The van der Waals surface area contributed by atoms with Crippen molar-refractivity contribution < 1.29 is 13.5 Å². The van der Waals surface area contributed by atoms with Gasteiger partial charge in [-0.15, -0.1) is 0 Å². The Morgan fingerprint density at radius 3 is 2.88 bits per heavy atom. The Morgan fingerprint density at radius 2 is 2.25 bits per heavy atom. The number of likely N-dealkylation sites (tertiary alicyclic amines) is 1. The van der Waals surface area contributed by atoms with E-state index in [1.54, 1.807) is 0 Å². The van der Waals surface area contributed by atoms with Gasteiger partial charge in [-0.1, -0.05) is 6.92 Å². The fourth-order valence-electron chi connectivity index (χ4n) is 2.35. The van der Waals surface area contributed by atoms with Crippen LogP contribution in [0.2, 0.25) is 0 Å². The fourth-order valence-corrected chi connectivity index (χ4v) is 2.35. The SMILES string of the molecule is CC1CCCN(CCOCC(F)F)C1CN. The van der Waals surface area contributed by atoms with E-state index in [-0.39, 0.29) is 0 Å². The van der Waals surface area contributed by atoms with Crippen LogP contribution in [0.15, 0.2) is 0 Å². The van der Waals surface area contributed by atoms with Crippen LogP contribution in [0.4, 0.5) is 8.78 Å². The third-order valence-electron chi connectivity index (χ3n) is 3.24. The molecule has 0 radical (unpaired) electrons. The standard InChI is InChI=1S/C11H22F2N2O/c1-9-3-2-4-15(10(9)7-14)5-6-16-8-11(12)13/h9-11H,2-8,14H2,1H3. The molecule has 2 atom stereocenters. The maximum atomic E-state index is 11.8. The van der Waals surface area contributed by atoms with E-state index in [9.17, 15) is 8.78 Å². The number of ether oxygens (including phenoxy) is 1. The molecule has 0 aromatic carbocycles. The van der Waals surface area contributed by atoms with Gasteiger partial charge in [-0.3, -0.25) is 4.90 Å². The van der Waals surface area contributed by atoms with E-state index >= 15 is 0 Å². The monoisotopic (exact) mass is 236 g/mol. The molecule has 16 heavy (non-hydrogen) atoms. The summed E-state index contributed by atoms with van der Waals surface area (Å²) in [6.45, 7) is 4.45. The van der Waals surface area contributed by atoms with Gasteiger partial charge < -0.3 is 10.5 Å². The molecule has 3 nitrogen and oxygen atoms in total. The van der Waals surface area contributed by atoms with Crippen LogP contribution in [0, 0.1) is 5.92 Å². The van der Waals surface area contributed by atoms with Gasteiger partial charge in [0.05, 0.1) is 6.61 Å². The average molecular weight is 236 g/mol. The summed E-state index contributed by atoms with van der Waals surface area (Å²) in [5.41, 5.74) is 5.73. The highest BCUT2D eigenvalue weighted by Gasteiger charge is 2.26. The van der Waals surface area contributed by atoms with Gasteiger partial charge in [-0.2, -0.15) is 0 Å². The molecule has 2 N–H and O–H groups in total. The van der Waals surface area contributed by atoms with Crippen molar-refractivity contribution in [1.82, 2.24) is 4.90 Å². The Balaban J connectivity index is 2.23. The fraction of sp³-hybridized carbons (Fsp3) is 1.00. The smallest absolute Gasteiger partial charge is 0.261 e. The van der Waals surface area contributed by atoms with Crippen LogP contribution in [0.1, 0.15) is 19.8 Å². The molecule has 1 saturated heterocycles. The predicted octanol–water partition coefficient (Wildman–Crippen LogP) is 1.33. The number of rotatable bonds is 6. The summed E-state index contributed by atoms with van der Waals surface area (Å²) in [4.78, 5) is 2.26. The van der Waals surface area contributed by atoms with Crippen LogP contribution < -0.4 is 5.73 Å². The lowest BCUT2D eigenvalue weighted by atomic mass is 9.91. The Bertz CT molecular complexity index is 193. The second kappa shape index (κ2) is 7.14. The summed E-state index contributed by atoms with van der Waals surface area (Å²) < 4.78 is 28.6. The van der Waals surface area contributed by atoms with Gasteiger partial charge in [0.2, 0.25) is 0 Å². The van der Waals surface area contributed by atoms with Crippen LogP contribution in [0.3, 0.4) is 0 Å². The Labute approximate surface area is 95.9 Å². The van der Waals surface area contributed by atoms with Gasteiger partial charge in [-0.05, 0) is 25.3 Å². The molecule has 1 heterocycles. The molecule has 1 rings (SSSR count). The molecule has 0 aliphatic carbocycles. The molecular formula is C11H22F2N2O. The highest BCUT2D eigenvalue weighted by Crippen LogP contribution is 2.21. The summed E-state index contributed by atoms with van der Waals surface area (Å²) in [5.74, 6) is 0.592. The topological polar surface area (TPSA) is 38.5 Å². The van der Waals surface area contributed by atoms with Crippen LogP contribution >= 0.6 is 0 Å². The second-order valence-corrected chi connectivity index (χ2v) is 4.42. The number of alkyl halides is 2. The van der Waals surface area contributed by atoms with E-state index in [2.05, 4.69) is 11.8 Å². The maximum Gasteiger partial charge on any atom is 0.261 e. The first-order valence-electron chi connectivity index (χ1n) is 5.95. The molecule has 1 fully saturated rings. The number of hydrogen-bond donors (Lipinski definition) is 1. The van der Waals surface area contributed by atoms with E-state index in [0.29, 0.717) is 31.7 Å². The van der Waals surface area contributed by atoms with Crippen LogP contribution in [0.25, 0.3) is 0 Å². The minimum absolute atomic E-state index is 0.369. The first kappa shape index (κ1) is 13.8. The van der Waals surface area contributed by atoms with E-state index in [0.717, 1.165) is 13.0 Å². The van der Waals surface area contributed by atoms with Crippen molar-refractivity contribution in [2.75, 3.05) is 32.8 Å². The lowest BCUT2D eigenvalue weighted by Crippen LogP contribution is -2.49. The molecule has 0 aromatic heterocycles. The van der Waals surface area contributed by atoms with Crippen molar-refractivity contribution in [2.24, 2.45) is 11.7 Å². The minimum atomic E-state index is -2.37. The molecule has 5 heteroatoms. The Morgan fingerprint density at radius 1 is 1.50 bits per heavy atom. The van der Waals surface area contributed by atoms with Gasteiger partial charge in [0, 0.05) is 19.1 Å². The lowest BCUT2D eigenvalue weighted by molar-refractivity contribution is -0.00128. The van der Waals surface area contributed by atoms with Gasteiger partial charge in [0.25, 0.3) is 6.43 Å². The highest BCUT2D eigenvalue weighted by molar-refractivity contribution is 4.82. The van der Waals surface area contributed by atoms with Crippen LogP contribution in [0.5, 0.6) is 0 Å². The molecule has 0 spiro atoms. The van der Waals surface area contributed by atoms with Crippen molar-refractivity contribution in [1.29, 1.82) is 0 Å². The highest BCUT2D eigenvalue weighted by atomic mass is 19.3. The molecule has 96 valence electrons. The molecule has 0 saturated carbocycles. The van der Waals surface area contributed by atoms with Crippen molar-refractivity contribution >= 4 is 0 Å². The van der Waals surface area contributed by atoms with Crippen LogP contribution in [-0.2, 0) is 4.74 Å². The largest absolute Gasteiger partial charge is 0.374 e. The van der Waals surface area contributed by atoms with Gasteiger partial charge >= 0.3 is 0 Å².